The van der Waals surface area contributed by atoms with Gasteiger partial charge in [-0.15, -0.1) is 0 Å². The minimum atomic E-state index is -0.199. The second kappa shape index (κ2) is 8.37. The Hall–Kier alpha value is -2.76. The van der Waals surface area contributed by atoms with Gasteiger partial charge in [0.2, 0.25) is 6.79 Å². The van der Waals surface area contributed by atoms with Crippen molar-refractivity contribution in [3.8, 4) is 11.5 Å². The molecule has 0 fully saturated rings. The van der Waals surface area contributed by atoms with E-state index < -0.39 is 0 Å². The molecule has 0 radical (unpaired) electrons. The van der Waals surface area contributed by atoms with E-state index in [-0.39, 0.29) is 12.7 Å². The molecule has 0 spiro atoms. The SMILES string of the molecule is CCCCCNc1ccnc(C(=O)NCc2ccc3c(c2)OCO3)c1. The van der Waals surface area contributed by atoms with E-state index in [9.17, 15) is 4.79 Å². The molecule has 2 heterocycles. The topological polar surface area (TPSA) is 72.5 Å². The van der Waals surface area contributed by atoms with E-state index in [4.69, 9.17) is 9.47 Å². The number of hydrogen-bond donors (Lipinski definition) is 2. The number of nitrogens with zero attached hydrogens (tertiary/aromatic N) is 1. The highest BCUT2D eigenvalue weighted by Gasteiger charge is 2.14. The van der Waals surface area contributed by atoms with Gasteiger partial charge in [0.1, 0.15) is 5.69 Å². The van der Waals surface area contributed by atoms with E-state index in [1.807, 2.05) is 24.3 Å². The van der Waals surface area contributed by atoms with Gasteiger partial charge in [-0.3, -0.25) is 9.78 Å². The average molecular weight is 341 g/mol. The summed E-state index contributed by atoms with van der Waals surface area (Å²) in [5, 5.41) is 6.21. The van der Waals surface area contributed by atoms with E-state index in [0.29, 0.717) is 18.0 Å². The van der Waals surface area contributed by atoms with Crippen LogP contribution in [-0.2, 0) is 6.54 Å². The first kappa shape index (κ1) is 17.1. The fraction of sp³-hybridized carbons (Fsp3) is 0.368. The number of amides is 1. The summed E-state index contributed by atoms with van der Waals surface area (Å²) in [4.78, 5) is 16.5. The third-order valence-electron chi connectivity index (χ3n) is 3.99. The van der Waals surface area contributed by atoms with Crippen LogP contribution in [0.5, 0.6) is 11.5 Å². The lowest BCUT2D eigenvalue weighted by Crippen LogP contribution is -2.23. The van der Waals surface area contributed by atoms with Gasteiger partial charge in [-0.1, -0.05) is 25.8 Å². The molecule has 1 aliphatic rings. The number of pyridine rings is 1. The summed E-state index contributed by atoms with van der Waals surface area (Å²) in [6.07, 6.45) is 5.15. The lowest BCUT2D eigenvalue weighted by molar-refractivity contribution is 0.0946. The van der Waals surface area contributed by atoms with Gasteiger partial charge in [-0.2, -0.15) is 0 Å². The molecule has 1 aromatic heterocycles. The van der Waals surface area contributed by atoms with E-state index in [1.165, 1.54) is 12.8 Å². The summed E-state index contributed by atoms with van der Waals surface area (Å²) in [6, 6.07) is 9.29. The van der Waals surface area contributed by atoms with Gasteiger partial charge < -0.3 is 20.1 Å². The zero-order valence-corrected chi connectivity index (χ0v) is 14.4. The molecule has 1 aromatic carbocycles. The number of anilines is 1. The Morgan fingerprint density at radius 1 is 1.16 bits per heavy atom. The normalized spacial score (nSPS) is 12.0. The molecule has 0 bridgehead atoms. The molecule has 6 nitrogen and oxygen atoms in total. The van der Waals surface area contributed by atoms with Crippen molar-refractivity contribution in [3.05, 3.63) is 47.8 Å². The number of unbranched alkanes of at least 4 members (excludes halogenated alkanes) is 2. The lowest BCUT2D eigenvalue weighted by atomic mass is 10.2. The molecule has 6 heteroatoms. The van der Waals surface area contributed by atoms with Crippen molar-refractivity contribution in [2.45, 2.75) is 32.7 Å². The Bertz CT molecular complexity index is 734. The summed E-state index contributed by atoms with van der Waals surface area (Å²) < 4.78 is 10.6. The summed E-state index contributed by atoms with van der Waals surface area (Å²) in [5.74, 6) is 1.25. The Balaban J connectivity index is 1.54. The highest BCUT2D eigenvalue weighted by Crippen LogP contribution is 2.32. The Kier molecular flexibility index (Phi) is 5.72. The zero-order chi connectivity index (χ0) is 17.5. The van der Waals surface area contributed by atoms with Gasteiger partial charge >= 0.3 is 0 Å². The first-order valence-electron chi connectivity index (χ1n) is 8.63. The predicted octanol–water partition coefficient (Wildman–Crippen LogP) is 3.34. The molecule has 3 rings (SSSR count). The van der Waals surface area contributed by atoms with Crippen molar-refractivity contribution < 1.29 is 14.3 Å². The number of aromatic nitrogens is 1. The molecular weight excluding hydrogens is 318 g/mol. The Morgan fingerprint density at radius 2 is 2.04 bits per heavy atom. The van der Waals surface area contributed by atoms with Gasteiger partial charge in [-0.05, 0) is 36.2 Å². The molecule has 0 saturated heterocycles. The van der Waals surface area contributed by atoms with E-state index in [2.05, 4.69) is 22.5 Å². The maximum atomic E-state index is 12.3. The van der Waals surface area contributed by atoms with Crippen LogP contribution in [0.3, 0.4) is 0 Å². The van der Waals surface area contributed by atoms with Crippen LogP contribution in [0.1, 0.15) is 42.2 Å². The maximum absolute atomic E-state index is 12.3. The number of rotatable bonds is 8. The molecule has 0 unspecified atom stereocenters. The van der Waals surface area contributed by atoms with Gasteiger partial charge in [0, 0.05) is 25.0 Å². The van der Waals surface area contributed by atoms with Gasteiger partial charge in [-0.25, -0.2) is 0 Å². The molecule has 0 atom stereocenters. The first-order chi connectivity index (χ1) is 12.3. The van der Waals surface area contributed by atoms with Crippen LogP contribution < -0.4 is 20.1 Å². The molecule has 0 saturated carbocycles. The number of ether oxygens (including phenoxy) is 2. The number of hydrogen-bond acceptors (Lipinski definition) is 5. The van der Waals surface area contributed by atoms with Crippen molar-refractivity contribution in [2.24, 2.45) is 0 Å². The van der Waals surface area contributed by atoms with Crippen molar-refractivity contribution >= 4 is 11.6 Å². The number of carbonyl (C=O) groups excluding carboxylic acids is 1. The van der Waals surface area contributed by atoms with Crippen molar-refractivity contribution in [2.75, 3.05) is 18.7 Å². The smallest absolute Gasteiger partial charge is 0.270 e. The lowest BCUT2D eigenvalue weighted by Gasteiger charge is -2.09. The van der Waals surface area contributed by atoms with Crippen LogP contribution in [0.4, 0.5) is 5.69 Å². The average Bonchev–Trinajstić information content (AvgIpc) is 3.11. The largest absolute Gasteiger partial charge is 0.454 e. The molecule has 0 aliphatic carbocycles. The minimum absolute atomic E-state index is 0.199. The highest BCUT2D eigenvalue weighted by molar-refractivity contribution is 5.93. The van der Waals surface area contributed by atoms with Crippen LogP contribution in [-0.4, -0.2) is 24.2 Å². The van der Waals surface area contributed by atoms with Crippen molar-refractivity contribution in [1.29, 1.82) is 0 Å². The second-order valence-electron chi connectivity index (χ2n) is 5.93. The quantitative estimate of drug-likeness (QED) is 0.721. The van der Waals surface area contributed by atoms with E-state index >= 15 is 0 Å². The molecular formula is C19H23N3O3. The number of fused-ring (bicyclic) bond motifs is 1. The molecule has 1 aliphatic heterocycles. The molecule has 2 aromatic rings. The predicted molar refractivity (Wildman–Crippen MR) is 96.0 cm³/mol. The summed E-state index contributed by atoms with van der Waals surface area (Å²) in [5.41, 5.74) is 2.27. The first-order valence-corrected chi connectivity index (χ1v) is 8.63. The molecule has 1 amide bonds. The van der Waals surface area contributed by atoms with Crippen LogP contribution in [0, 0.1) is 0 Å². The van der Waals surface area contributed by atoms with Crippen molar-refractivity contribution in [3.63, 3.8) is 0 Å². The number of nitrogens with one attached hydrogen (secondary N) is 2. The van der Waals surface area contributed by atoms with Gasteiger partial charge in [0.25, 0.3) is 5.91 Å². The third kappa shape index (κ3) is 4.62. The third-order valence-corrected chi connectivity index (χ3v) is 3.99. The zero-order valence-electron chi connectivity index (χ0n) is 14.4. The summed E-state index contributed by atoms with van der Waals surface area (Å²) in [7, 11) is 0. The van der Waals surface area contributed by atoms with E-state index in [0.717, 1.165) is 30.0 Å². The maximum Gasteiger partial charge on any atom is 0.270 e. The summed E-state index contributed by atoms with van der Waals surface area (Å²) in [6.45, 7) is 3.73. The van der Waals surface area contributed by atoms with Gasteiger partial charge in [0.05, 0.1) is 0 Å². The van der Waals surface area contributed by atoms with Gasteiger partial charge in [0.15, 0.2) is 11.5 Å². The van der Waals surface area contributed by atoms with Crippen LogP contribution >= 0.6 is 0 Å². The fourth-order valence-electron chi connectivity index (χ4n) is 2.60. The van der Waals surface area contributed by atoms with Crippen molar-refractivity contribution in [1.82, 2.24) is 10.3 Å². The number of benzene rings is 1. The highest BCUT2D eigenvalue weighted by atomic mass is 16.7. The standard InChI is InChI=1S/C19H23N3O3/c1-2-3-4-8-20-15-7-9-21-16(11-15)19(23)22-12-14-5-6-17-18(10-14)25-13-24-17/h5-7,9-11H,2-4,8,12-13H2,1H3,(H,20,21)(H,22,23). The molecule has 132 valence electrons. The van der Waals surface area contributed by atoms with E-state index in [1.54, 1.807) is 12.3 Å². The van der Waals surface area contributed by atoms with Crippen LogP contribution in [0.15, 0.2) is 36.5 Å². The Morgan fingerprint density at radius 3 is 2.92 bits per heavy atom. The van der Waals surface area contributed by atoms with Crippen LogP contribution in [0.2, 0.25) is 0 Å². The summed E-state index contributed by atoms with van der Waals surface area (Å²) >= 11 is 0. The number of carbonyl (C=O) groups is 1. The minimum Gasteiger partial charge on any atom is -0.454 e. The fourth-order valence-corrected chi connectivity index (χ4v) is 2.60. The molecule has 2 N–H and O–H groups in total. The monoisotopic (exact) mass is 341 g/mol. The molecule has 25 heavy (non-hydrogen) atoms. The van der Waals surface area contributed by atoms with Crippen LogP contribution in [0.25, 0.3) is 0 Å². The second-order valence-corrected chi connectivity index (χ2v) is 5.93. The Labute approximate surface area is 147 Å².